The quantitative estimate of drug-likeness (QED) is 0.244. The van der Waals surface area contributed by atoms with E-state index < -0.39 is 6.10 Å². The van der Waals surface area contributed by atoms with Gasteiger partial charge >= 0.3 is 0 Å². The van der Waals surface area contributed by atoms with E-state index in [1.54, 1.807) is 0 Å². The molecule has 0 aliphatic heterocycles. The van der Waals surface area contributed by atoms with Gasteiger partial charge in [0.1, 0.15) is 0 Å². The van der Waals surface area contributed by atoms with E-state index in [4.69, 9.17) is 4.74 Å². The van der Waals surface area contributed by atoms with Crippen molar-refractivity contribution in [2.45, 2.75) is 45.4 Å². The molecule has 0 radical (unpaired) electrons. The largest absolute Gasteiger partial charge is 0.389 e. The number of hydrogen-bond acceptors (Lipinski definition) is 3. The number of hydrogen-bond donors (Lipinski definition) is 3. The van der Waals surface area contributed by atoms with Gasteiger partial charge in [0.05, 0.1) is 25.9 Å². The fraction of sp³-hybridized carbons (Fsp3) is 0.435. The number of benzene rings is 2. The summed E-state index contributed by atoms with van der Waals surface area (Å²) in [5.41, 5.74) is 2.43. The van der Waals surface area contributed by atoms with Crippen LogP contribution in [-0.4, -0.2) is 42.9 Å². The predicted molar refractivity (Wildman–Crippen MR) is 131 cm³/mol. The number of halogens is 1. The summed E-state index contributed by atoms with van der Waals surface area (Å²) in [7, 11) is 0. The third-order valence-corrected chi connectivity index (χ3v) is 4.32. The monoisotopic (exact) mass is 511 g/mol. The van der Waals surface area contributed by atoms with Crippen LogP contribution in [0, 0.1) is 0 Å². The molecule has 160 valence electrons. The number of aliphatic imine (C=N–C) groups is 1. The number of aliphatic hydroxyl groups is 1. The molecule has 2 rings (SSSR count). The normalized spacial score (nSPS) is 13.3. The predicted octanol–water partition coefficient (Wildman–Crippen LogP) is 3.76. The molecule has 0 saturated heterocycles. The summed E-state index contributed by atoms with van der Waals surface area (Å²) in [6.45, 7) is 6.02. The van der Waals surface area contributed by atoms with Gasteiger partial charge in [-0.1, -0.05) is 60.7 Å². The van der Waals surface area contributed by atoms with Crippen molar-refractivity contribution in [1.82, 2.24) is 10.6 Å². The van der Waals surface area contributed by atoms with Crippen molar-refractivity contribution >= 4 is 29.9 Å². The Balaban J connectivity index is 0.00000420. The van der Waals surface area contributed by atoms with Gasteiger partial charge in [-0.15, -0.1) is 24.0 Å². The summed E-state index contributed by atoms with van der Waals surface area (Å²) in [6, 6.07) is 20.7. The Bertz CT molecular complexity index is 683. The molecule has 0 heterocycles. The number of aryl methyl sites for hydroxylation is 1. The molecule has 6 heteroatoms. The molecule has 2 atom stereocenters. The Morgan fingerprint density at radius 1 is 1.03 bits per heavy atom. The summed E-state index contributed by atoms with van der Waals surface area (Å²) >= 11 is 0. The van der Waals surface area contributed by atoms with Gasteiger partial charge in [-0.05, 0) is 37.8 Å². The highest BCUT2D eigenvalue weighted by Gasteiger charge is 2.08. The first-order chi connectivity index (χ1) is 13.7. The SMILES string of the molecule is CCNC(=NCC(O)COCc1ccccc1)NC(C)CCc1ccccc1.I. The smallest absolute Gasteiger partial charge is 0.191 e. The van der Waals surface area contributed by atoms with Crippen LogP contribution in [0.3, 0.4) is 0 Å². The Morgan fingerprint density at radius 2 is 1.66 bits per heavy atom. The van der Waals surface area contributed by atoms with Gasteiger partial charge in [0.25, 0.3) is 0 Å². The first-order valence-electron chi connectivity index (χ1n) is 10.1. The molecular weight excluding hydrogens is 477 g/mol. The van der Waals surface area contributed by atoms with E-state index in [-0.39, 0.29) is 36.6 Å². The van der Waals surface area contributed by atoms with Crippen LogP contribution in [0.15, 0.2) is 65.7 Å². The molecule has 0 fully saturated rings. The van der Waals surface area contributed by atoms with Crippen molar-refractivity contribution in [3.63, 3.8) is 0 Å². The highest BCUT2D eigenvalue weighted by molar-refractivity contribution is 14.0. The van der Waals surface area contributed by atoms with E-state index in [0.29, 0.717) is 13.2 Å². The summed E-state index contributed by atoms with van der Waals surface area (Å²) in [5.74, 6) is 0.727. The fourth-order valence-corrected chi connectivity index (χ4v) is 2.79. The Labute approximate surface area is 192 Å². The Hall–Kier alpha value is -1.64. The molecule has 0 aromatic heterocycles. The van der Waals surface area contributed by atoms with Crippen LogP contribution in [0.25, 0.3) is 0 Å². The average Bonchev–Trinajstić information content (AvgIpc) is 2.72. The van der Waals surface area contributed by atoms with Gasteiger partial charge in [-0.25, -0.2) is 0 Å². The summed E-state index contributed by atoms with van der Waals surface area (Å²) in [6.07, 6.45) is 1.40. The maximum atomic E-state index is 10.1. The van der Waals surface area contributed by atoms with Crippen LogP contribution in [-0.2, 0) is 17.8 Å². The van der Waals surface area contributed by atoms with E-state index in [9.17, 15) is 5.11 Å². The second kappa shape index (κ2) is 15.2. The zero-order chi connectivity index (χ0) is 20.0. The second-order valence-electron chi connectivity index (χ2n) is 6.94. The first-order valence-corrected chi connectivity index (χ1v) is 10.1. The van der Waals surface area contributed by atoms with Gasteiger partial charge in [0.15, 0.2) is 5.96 Å². The van der Waals surface area contributed by atoms with Gasteiger partial charge in [0, 0.05) is 12.6 Å². The molecule has 2 aromatic carbocycles. The molecule has 0 spiro atoms. The van der Waals surface area contributed by atoms with Crippen molar-refractivity contribution in [3.05, 3.63) is 71.8 Å². The van der Waals surface area contributed by atoms with Crippen molar-refractivity contribution < 1.29 is 9.84 Å². The van der Waals surface area contributed by atoms with Crippen LogP contribution in [0.1, 0.15) is 31.4 Å². The number of guanidine groups is 1. The van der Waals surface area contributed by atoms with Crippen LogP contribution >= 0.6 is 24.0 Å². The van der Waals surface area contributed by atoms with Crippen molar-refractivity contribution in [2.24, 2.45) is 4.99 Å². The Morgan fingerprint density at radius 3 is 2.28 bits per heavy atom. The zero-order valence-corrected chi connectivity index (χ0v) is 19.7. The topological polar surface area (TPSA) is 65.9 Å². The first kappa shape index (κ1) is 25.4. The van der Waals surface area contributed by atoms with E-state index in [0.717, 1.165) is 30.9 Å². The third kappa shape index (κ3) is 11.2. The van der Waals surface area contributed by atoms with Crippen LogP contribution in [0.5, 0.6) is 0 Å². The molecule has 0 amide bonds. The number of aliphatic hydroxyl groups excluding tert-OH is 1. The number of rotatable bonds is 11. The minimum absolute atomic E-state index is 0. The molecular formula is C23H34IN3O2. The molecule has 0 saturated carbocycles. The van der Waals surface area contributed by atoms with Crippen LogP contribution in [0.4, 0.5) is 0 Å². The summed E-state index contributed by atoms with van der Waals surface area (Å²) in [4.78, 5) is 4.50. The van der Waals surface area contributed by atoms with Gasteiger partial charge < -0.3 is 20.5 Å². The third-order valence-electron chi connectivity index (χ3n) is 4.32. The molecule has 29 heavy (non-hydrogen) atoms. The molecule has 5 nitrogen and oxygen atoms in total. The summed E-state index contributed by atoms with van der Waals surface area (Å²) < 4.78 is 5.58. The maximum Gasteiger partial charge on any atom is 0.191 e. The number of nitrogens with one attached hydrogen (secondary N) is 2. The molecule has 3 N–H and O–H groups in total. The van der Waals surface area contributed by atoms with Gasteiger partial charge in [-0.3, -0.25) is 4.99 Å². The minimum atomic E-state index is -0.626. The van der Waals surface area contributed by atoms with E-state index in [1.807, 2.05) is 43.3 Å². The molecule has 0 bridgehead atoms. The number of ether oxygens (including phenoxy) is 1. The van der Waals surface area contributed by atoms with Crippen LogP contribution < -0.4 is 10.6 Å². The molecule has 0 aliphatic rings. The van der Waals surface area contributed by atoms with E-state index in [1.165, 1.54) is 5.56 Å². The van der Waals surface area contributed by atoms with Gasteiger partial charge in [-0.2, -0.15) is 0 Å². The molecule has 2 aromatic rings. The van der Waals surface area contributed by atoms with Gasteiger partial charge in [0.2, 0.25) is 0 Å². The van der Waals surface area contributed by atoms with E-state index in [2.05, 4.69) is 46.8 Å². The highest BCUT2D eigenvalue weighted by atomic mass is 127. The zero-order valence-electron chi connectivity index (χ0n) is 17.4. The van der Waals surface area contributed by atoms with Crippen molar-refractivity contribution in [1.29, 1.82) is 0 Å². The number of nitrogens with zero attached hydrogens (tertiary/aromatic N) is 1. The van der Waals surface area contributed by atoms with Crippen molar-refractivity contribution in [2.75, 3.05) is 19.7 Å². The maximum absolute atomic E-state index is 10.1. The van der Waals surface area contributed by atoms with E-state index >= 15 is 0 Å². The standard InChI is InChI=1S/C23H33N3O2.HI/c1-3-24-23(26-19(2)14-15-20-10-6-4-7-11-20)25-16-22(27)18-28-17-21-12-8-5-9-13-21;/h4-13,19,22,27H,3,14-18H2,1-2H3,(H2,24,25,26);1H. The lowest BCUT2D eigenvalue weighted by molar-refractivity contribution is 0.0331. The Kier molecular flexibility index (Phi) is 13.3. The molecule has 0 aliphatic carbocycles. The lowest BCUT2D eigenvalue weighted by atomic mass is 10.1. The second-order valence-corrected chi connectivity index (χ2v) is 6.94. The fourth-order valence-electron chi connectivity index (χ4n) is 2.79. The minimum Gasteiger partial charge on any atom is -0.389 e. The lowest BCUT2D eigenvalue weighted by Gasteiger charge is -2.18. The van der Waals surface area contributed by atoms with Crippen molar-refractivity contribution in [3.8, 4) is 0 Å². The highest BCUT2D eigenvalue weighted by Crippen LogP contribution is 2.05. The average molecular weight is 511 g/mol. The van der Waals surface area contributed by atoms with Crippen LogP contribution in [0.2, 0.25) is 0 Å². The lowest BCUT2D eigenvalue weighted by Crippen LogP contribution is -2.43. The molecule has 2 unspecified atom stereocenters. The summed E-state index contributed by atoms with van der Waals surface area (Å²) in [5, 5.41) is 16.8.